The second kappa shape index (κ2) is 10.4. The van der Waals surface area contributed by atoms with E-state index in [0.29, 0.717) is 13.1 Å². The summed E-state index contributed by atoms with van der Waals surface area (Å²) < 4.78 is 0. The second-order valence-corrected chi connectivity index (χ2v) is 8.27. The first-order chi connectivity index (χ1) is 14.4. The molecule has 2 aromatic carbocycles. The van der Waals surface area contributed by atoms with Gasteiger partial charge in [-0.25, -0.2) is 0 Å². The summed E-state index contributed by atoms with van der Waals surface area (Å²) in [5.41, 5.74) is 5.18. The lowest BCUT2D eigenvalue weighted by Gasteiger charge is -2.29. The molecule has 1 saturated heterocycles. The number of para-hydroxylation sites is 1. The molecule has 30 heavy (non-hydrogen) atoms. The Balaban J connectivity index is 1.42. The Morgan fingerprint density at radius 2 is 1.37 bits per heavy atom. The number of hydrogen-bond donors (Lipinski definition) is 4. The third-order valence-corrected chi connectivity index (χ3v) is 5.85. The van der Waals surface area contributed by atoms with Crippen LogP contribution in [0.1, 0.15) is 23.6 Å². The van der Waals surface area contributed by atoms with E-state index < -0.39 is 0 Å². The highest BCUT2D eigenvalue weighted by atomic mass is 16.2. The first-order valence-corrected chi connectivity index (χ1v) is 10.9. The van der Waals surface area contributed by atoms with Crippen LogP contribution in [0.25, 0.3) is 0 Å². The van der Waals surface area contributed by atoms with Gasteiger partial charge < -0.3 is 20.4 Å². The van der Waals surface area contributed by atoms with Crippen LogP contribution in [-0.4, -0.2) is 51.1 Å². The van der Waals surface area contributed by atoms with Gasteiger partial charge >= 0.3 is 0 Å². The molecular weight excluding hydrogens is 376 g/mol. The van der Waals surface area contributed by atoms with Gasteiger partial charge in [-0.15, -0.1) is 0 Å². The number of rotatable bonds is 7. The molecule has 0 saturated carbocycles. The zero-order valence-corrected chi connectivity index (χ0v) is 18.3. The maximum absolute atomic E-state index is 12.5. The summed E-state index contributed by atoms with van der Waals surface area (Å²) in [5, 5.41) is 6.09. The van der Waals surface area contributed by atoms with Crippen LogP contribution in [-0.2, 0) is 16.0 Å². The van der Waals surface area contributed by atoms with Gasteiger partial charge in [-0.3, -0.25) is 9.59 Å². The number of carbonyl (C=O) groups is 2. The summed E-state index contributed by atoms with van der Waals surface area (Å²) in [4.78, 5) is 27.5. The van der Waals surface area contributed by atoms with Gasteiger partial charge in [-0.2, -0.15) is 0 Å². The fourth-order valence-electron chi connectivity index (χ4n) is 4.03. The molecule has 4 N–H and O–H groups in total. The average molecular weight is 411 g/mol. The fourth-order valence-corrected chi connectivity index (χ4v) is 4.03. The normalized spacial score (nSPS) is 18.6. The minimum Gasteiger partial charge on any atom is -0.321 e. The molecule has 0 unspecified atom stereocenters. The highest BCUT2D eigenvalue weighted by Crippen LogP contribution is 2.18. The van der Waals surface area contributed by atoms with Gasteiger partial charge in [0.1, 0.15) is 26.2 Å². The molecule has 1 heterocycles. The minimum atomic E-state index is 0.0504. The number of amides is 2. The highest BCUT2D eigenvalue weighted by molar-refractivity contribution is 5.93. The van der Waals surface area contributed by atoms with Crippen LogP contribution in [0, 0.1) is 13.8 Å². The third-order valence-electron chi connectivity index (χ3n) is 5.85. The predicted molar refractivity (Wildman–Crippen MR) is 120 cm³/mol. The lowest BCUT2D eigenvalue weighted by Crippen LogP contribution is -3.28. The van der Waals surface area contributed by atoms with Crippen LogP contribution in [0.2, 0.25) is 0 Å². The molecule has 1 fully saturated rings. The second-order valence-electron chi connectivity index (χ2n) is 8.27. The van der Waals surface area contributed by atoms with Gasteiger partial charge in [-0.05, 0) is 49.1 Å². The van der Waals surface area contributed by atoms with Crippen molar-refractivity contribution in [3.05, 3.63) is 59.2 Å². The summed E-state index contributed by atoms with van der Waals surface area (Å²) in [6, 6.07) is 14.0. The Hall–Kier alpha value is -2.70. The molecule has 0 spiro atoms. The lowest BCUT2D eigenvalue weighted by molar-refractivity contribution is -1.00. The number of hydrogen-bond acceptors (Lipinski definition) is 2. The summed E-state index contributed by atoms with van der Waals surface area (Å²) >= 11 is 0. The smallest absolute Gasteiger partial charge is 0.279 e. The number of carbonyl (C=O) groups excluding carboxylic acids is 2. The zero-order chi connectivity index (χ0) is 21.5. The fraction of sp³-hybridized carbons (Fsp3) is 0.417. The SMILES string of the molecule is CCc1cccc(NC(=O)C[NH+]2CC[NH+](CC(=O)Nc3c(C)cccc3C)CC2)c1. The molecule has 0 radical (unpaired) electrons. The van der Waals surface area contributed by atoms with Gasteiger partial charge in [0.15, 0.2) is 13.1 Å². The van der Waals surface area contributed by atoms with Crippen LogP contribution in [0.4, 0.5) is 11.4 Å². The van der Waals surface area contributed by atoms with Crippen LogP contribution in [0.15, 0.2) is 42.5 Å². The number of anilines is 2. The highest BCUT2D eigenvalue weighted by Gasteiger charge is 2.26. The maximum Gasteiger partial charge on any atom is 0.279 e. The Labute approximate surface area is 179 Å². The monoisotopic (exact) mass is 410 g/mol. The molecule has 0 bridgehead atoms. The molecule has 1 aliphatic rings. The van der Waals surface area contributed by atoms with Crippen LogP contribution in [0.3, 0.4) is 0 Å². The Bertz CT molecular complexity index is 868. The minimum absolute atomic E-state index is 0.0504. The van der Waals surface area contributed by atoms with Gasteiger partial charge in [0.05, 0.1) is 0 Å². The molecule has 2 amide bonds. The maximum atomic E-state index is 12.5. The Morgan fingerprint density at radius 1 is 0.833 bits per heavy atom. The summed E-state index contributed by atoms with van der Waals surface area (Å²) in [6.45, 7) is 10.7. The number of piperazine rings is 1. The van der Waals surface area contributed by atoms with Crippen molar-refractivity contribution < 1.29 is 19.4 Å². The van der Waals surface area contributed by atoms with Crippen molar-refractivity contribution in [2.45, 2.75) is 27.2 Å². The topological polar surface area (TPSA) is 67.1 Å². The zero-order valence-electron chi connectivity index (χ0n) is 18.3. The summed E-state index contributed by atoms with van der Waals surface area (Å²) in [5.74, 6) is 0.105. The molecule has 1 aliphatic heterocycles. The van der Waals surface area contributed by atoms with E-state index in [1.54, 1.807) is 0 Å². The van der Waals surface area contributed by atoms with E-state index in [-0.39, 0.29) is 11.8 Å². The van der Waals surface area contributed by atoms with Crippen molar-refractivity contribution in [2.24, 2.45) is 0 Å². The number of aryl methyl sites for hydroxylation is 3. The van der Waals surface area contributed by atoms with Crippen molar-refractivity contribution in [1.29, 1.82) is 0 Å². The van der Waals surface area contributed by atoms with Crippen molar-refractivity contribution in [1.82, 2.24) is 0 Å². The molecule has 160 valence electrons. The van der Waals surface area contributed by atoms with Crippen LogP contribution >= 0.6 is 0 Å². The van der Waals surface area contributed by atoms with Crippen molar-refractivity contribution in [3.63, 3.8) is 0 Å². The van der Waals surface area contributed by atoms with Gasteiger partial charge in [-0.1, -0.05) is 37.3 Å². The van der Waals surface area contributed by atoms with E-state index >= 15 is 0 Å². The average Bonchev–Trinajstić information content (AvgIpc) is 2.72. The molecule has 3 rings (SSSR count). The number of nitrogens with one attached hydrogen (secondary N) is 4. The van der Waals surface area contributed by atoms with Crippen LogP contribution in [0.5, 0.6) is 0 Å². The molecule has 0 aromatic heterocycles. The molecular formula is C24H34N4O2+2. The first kappa shape index (κ1) is 22.0. The van der Waals surface area contributed by atoms with E-state index in [0.717, 1.165) is 55.1 Å². The molecule has 0 aliphatic carbocycles. The van der Waals surface area contributed by atoms with E-state index in [2.05, 4.69) is 23.6 Å². The summed E-state index contributed by atoms with van der Waals surface area (Å²) in [7, 11) is 0. The van der Waals surface area contributed by atoms with Gasteiger partial charge in [0.25, 0.3) is 11.8 Å². The standard InChI is InChI=1S/C24H32N4O2/c1-4-20-9-6-10-21(15-20)25-22(29)16-27-11-13-28(14-12-27)17-23(30)26-24-18(2)7-5-8-19(24)3/h5-10,15H,4,11-14,16-17H2,1-3H3,(H,25,29)(H,26,30)/p+2. The number of benzene rings is 2. The summed E-state index contributed by atoms with van der Waals surface area (Å²) in [6.07, 6.45) is 0.955. The lowest BCUT2D eigenvalue weighted by atomic mass is 10.1. The molecule has 6 heteroatoms. The first-order valence-electron chi connectivity index (χ1n) is 10.9. The van der Waals surface area contributed by atoms with E-state index in [4.69, 9.17) is 0 Å². The number of quaternary nitrogens is 2. The Kier molecular flexibility index (Phi) is 7.60. The molecule has 0 atom stereocenters. The molecule has 6 nitrogen and oxygen atoms in total. The van der Waals surface area contributed by atoms with Crippen molar-refractivity contribution >= 4 is 23.2 Å². The predicted octanol–water partition coefficient (Wildman–Crippen LogP) is 0.226. The third kappa shape index (κ3) is 6.15. The quantitative estimate of drug-likeness (QED) is 0.528. The Morgan fingerprint density at radius 3 is 1.93 bits per heavy atom. The van der Waals surface area contributed by atoms with Crippen LogP contribution < -0.4 is 20.4 Å². The van der Waals surface area contributed by atoms with Gasteiger partial charge in [0, 0.05) is 11.4 Å². The molecule has 2 aromatic rings. The van der Waals surface area contributed by atoms with Gasteiger partial charge in [0.2, 0.25) is 0 Å². The van der Waals surface area contributed by atoms with E-state index in [9.17, 15) is 9.59 Å². The van der Waals surface area contributed by atoms with E-state index in [1.165, 1.54) is 15.4 Å². The van der Waals surface area contributed by atoms with Crippen molar-refractivity contribution in [2.75, 3.05) is 49.9 Å². The largest absolute Gasteiger partial charge is 0.321 e. The van der Waals surface area contributed by atoms with E-state index in [1.807, 2.05) is 50.2 Å². The van der Waals surface area contributed by atoms with Crippen molar-refractivity contribution in [3.8, 4) is 0 Å².